The molecule has 0 unspecified atom stereocenters. The summed E-state index contributed by atoms with van der Waals surface area (Å²) in [6.07, 6.45) is -1.36. The van der Waals surface area contributed by atoms with E-state index in [1.54, 1.807) is 0 Å². The Hall–Kier alpha value is -2.27. The Morgan fingerprint density at radius 2 is 2.19 bits per heavy atom. The number of ether oxygens (including phenoxy) is 2. The molecular weight excluding hydrogens is 378 g/mol. The van der Waals surface area contributed by atoms with E-state index in [-0.39, 0.29) is 23.2 Å². The minimum atomic E-state index is -2.93. The van der Waals surface area contributed by atoms with Gasteiger partial charge in [0.2, 0.25) is 5.88 Å². The largest absolute Gasteiger partial charge is 0.472 e. The highest BCUT2D eigenvalue weighted by Gasteiger charge is 2.27. The number of hydrogen-bond donors (Lipinski definition) is 1. The number of nitrogens with two attached hydrogens (primary N) is 1. The molecule has 0 radical (unpaired) electrons. The number of carbonyl (C=O) groups excluding carboxylic acids is 1. The predicted molar refractivity (Wildman–Crippen MR) is 83.5 cm³/mol. The fourth-order valence-electron chi connectivity index (χ4n) is 2.57. The predicted octanol–water partition coefficient (Wildman–Crippen LogP) is 3.17. The van der Waals surface area contributed by atoms with Crippen molar-refractivity contribution in [3.05, 3.63) is 28.5 Å². The van der Waals surface area contributed by atoms with Crippen LogP contribution in [0.4, 0.5) is 17.6 Å². The maximum absolute atomic E-state index is 12.8. The number of nitrogens with zero attached hydrogens (tertiary/aromatic N) is 2. The van der Waals surface area contributed by atoms with Crippen LogP contribution < -0.4 is 10.5 Å². The van der Waals surface area contributed by atoms with Gasteiger partial charge in [0, 0.05) is 17.3 Å². The SMILES string of the molecule is NC(=O)c1cc(-c2cnc(C(F)F)s2)c2c(n1)O[C@H](COC(F)F)CC2. The molecule has 3 rings (SSSR count). The first-order valence-corrected chi connectivity index (χ1v) is 8.31. The van der Waals surface area contributed by atoms with E-state index in [9.17, 15) is 22.4 Å². The second kappa shape index (κ2) is 7.54. The molecule has 2 aromatic rings. The maximum Gasteiger partial charge on any atom is 0.345 e. The molecule has 0 bridgehead atoms. The third-order valence-corrected chi connectivity index (χ3v) is 4.76. The summed E-state index contributed by atoms with van der Waals surface area (Å²) in [5.41, 5.74) is 6.18. The van der Waals surface area contributed by atoms with Gasteiger partial charge in [-0.1, -0.05) is 0 Å². The van der Waals surface area contributed by atoms with Crippen LogP contribution in [0.2, 0.25) is 0 Å². The zero-order valence-corrected chi connectivity index (χ0v) is 13.9. The van der Waals surface area contributed by atoms with Gasteiger partial charge in [-0.2, -0.15) is 8.78 Å². The number of pyridine rings is 1. The van der Waals surface area contributed by atoms with Crippen LogP contribution in [0.5, 0.6) is 5.88 Å². The van der Waals surface area contributed by atoms with Crippen LogP contribution in [0.15, 0.2) is 12.3 Å². The third kappa shape index (κ3) is 3.93. The molecule has 1 aliphatic rings. The van der Waals surface area contributed by atoms with E-state index < -0.39 is 25.0 Å². The highest BCUT2D eigenvalue weighted by atomic mass is 32.1. The third-order valence-electron chi connectivity index (χ3n) is 3.72. The highest BCUT2D eigenvalue weighted by molar-refractivity contribution is 7.15. The molecule has 3 heterocycles. The van der Waals surface area contributed by atoms with E-state index >= 15 is 0 Å². The lowest BCUT2D eigenvalue weighted by atomic mass is 9.98. The van der Waals surface area contributed by atoms with Crippen LogP contribution >= 0.6 is 11.3 Å². The summed E-state index contributed by atoms with van der Waals surface area (Å²) in [4.78, 5) is 19.6. The Morgan fingerprint density at radius 3 is 2.81 bits per heavy atom. The fraction of sp³-hybridized carbons (Fsp3) is 0.400. The molecule has 6 nitrogen and oxygen atoms in total. The van der Waals surface area contributed by atoms with Crippen LogP contribution in [0.25, 0.3) is 10.4 Å². The first-order chi connectivity index (χ1) is 12.3. The number of fused-ring (bicyclic) bond motifs is 1. The lowest BCUT2D eigenvalue weighted by Gasteiger charge is -2.26. The zero-order valence-electron chi connectivity index (χ0n) is 13.1. The molecule has 1 atom stereocenters. The molecule has 1 aliphatic heterocycles. The van der Waals surface area contributed by atoms with Gasteiger partial charge in [-0.3, -0.25) is 4.79 Å². The molecule has 0 aliphatic carbocycles. The van der Waals surface area contributed by atoms with Crippen LogP contribution in [0, 0.1) is 0 Å². The maximum atomic E-state index is 12.8. The molecule has 2 aromatic heterocycles. The number of alkyl halides is 4. The van der Waals surface area contributed by atoms with Gasteiger partial charge in [0.05, 0.1) is 11.5 Å². The molecular formula is C15H13F4N3O3S. The molecule has 0 spiro atoms. The van der Waals surface area contributed by atoms with E-state index in [4.69, 9.17) is 10.5 Å². The van der Waals surface area contributed by atoms with Crippen molar-refractivity contribution in [3.63, 3.8) is 0 Å². The van der Waals surface area contributed by atoms with Gasteiger partial charge in [-0.15, -0.1) is 11.3 Å². The summed E-state index contributed by atoms with van der Waals surface area (Å²) in [5.74, 6) is -0.778. The lowest BCUT2D eigenvalue weighted by molar-refractivity contribution is -0.146. The molecule has 140 valence electrons. The Labute approximate surface area is 149 Å². The summed E-state index contributed by atoms with van der Waals surface area (Å²) in [6.45, 7) is -3.27. The van der Waals surface area contributed by atoms with E-state index in [1.807, 2.05) is 0 Å². The van der Waals surface area contributed by atoms with E-state index in [2.05, 4.69) is 14.7 Å². The van der Waals surface area contributed by atoms with Gasteiger partial charge in [0.25, 0.3) is 12.3 Å². The molecule has 1 amide bonds. The molecule has 0 saturated heterocycles. The minimum absolute atomic E-state index is 0.0532. The molecule has 0 aromatic carbocycles. The number of carbonyl (C=O) groups is 1. The quantitative estimate of drug-likeness (QED) is 0.765. The standard InChI is InChI=1S/C15H13F4N3O3S/c16-11(17)14-21-4-10(26-14)8-3-9(12(20)23)22-13-7(8)2-1-6(25-13)5-24-15(18)19/h3-4,6,11,15H,1-2,5H2,(H2,20,23)/t6-/m0/s1. The van der Waals surface area contributed by atoms with Crippen LogP contribution in [0.1, 0.15) is 33.9 Å². The molecule has 0 fully saturated rings. The van der Waals surface area contributed by atoms with Gasteiger partial charge in [0.15, 0.2) is 5.01 Å². The van der Waals surface area contributed by atoms with Crippen molar-refractivity contribution in [2.24, 2.45) is 5.73 Å². The summed E-state index contributed by atoms with van der Waals surface area (Å²) in [5, 5.41) is -0.355. The Bertz CT molecular complexity index is 815. The molecule has 11 heteroatoms. The highest BCUT2D eigenvalue weighted by Crippen LogP contribution is 2.39. The summed E-state index contributed by atoms with van der Waals surface area (Å²) in [7, 11) is 0. The number of amides is 1. The molecule has 26 heavy (non-hydrogen) atoms. The van der Waals surface area contributed by atoms with Crippen molar-refractivity contribution in [3.8, 4) is 16.3 Å². The first kappa shape index (κ1) is 18.5. The fourth-order valence-corrected chi connectivity index (χ4v) is 3.38. The number of rotatable bonds is 6. The van der Waals surface area contributed by atoms with Gasteiger partial charge < -0.3 is 15.2 Å². The first-order valence-electron chi connectivity index (χ1n) is 7.49. The molecule has 0 saturated carbocycles. The van der Waals surface area contributed by atoms with Crippen molar-refractivity contribution in [2.45, 2.75) is 32.0 Å². The van der Waals surface area contributed by atoms with Crippen molar-refractivity contribution in [1.29, 1.82) is 0 Å². The van der Waals surface area contributed by atoms with Crippen molar-refractivity contribution < 1.29 is 31.8 Å². The Morgan fingerprint density at radius 1 is 1.42 bits per heavy atom. The molecule has 2 N–H and O–H groups in total. The van der Waals surface area contributed by atoms with Crippen molar-refractivity contribution >= 4 is 17.2 Å². The Balaban J connectivity index is 1.96. The number of halogens is 4. The number of primary amides is 1. The average Bonchev–Trinajstić information content (AvgIpc) is 3.08. The van der Waals surface area contributed by atoms with Crippen LogP contribution in [0.3, 0.4) is 0 Å². The minimum Gasteiger partial charge on any atom is -0.472 e. The topological polar surface area (TPSA) is 87.3 Å². The average molecular weight is 391 g/mol. The van der Waals surface area contributed by atoms with Gasteiger partial charge >= 0.3 is 6.61 Å². The summed E-state index contributed by atoms with van der Waals surface area (Å²) >= 11 is 0.782. The Kier molecular flexibility index (Phi) is 5.37. The van der Waals surface area contributed by atoms with Crippen LogP contribution in [-0.4, -0.2) is 35.2 Å². The second-order valence-corrected chi connectivity index (χ2v) is 6.50. The van der Waals surface area contributed by atoms with Gasteiger partial charge in [0.1, 0.15) is 11.8 Å². The van der Waals surface area contributed by atoms with Crippen molar-refractivity contribution in [2.75, 3.05) is 6.61 Å². The zero-order chi connectivity index (χ0) is 18.8. The van der Waals surface area contributed by atoms with Gasteiger partial charge in [-0.25, -0.2) is 18.7 Å². The second-order valence-electron chi connectivity index (χ2n) is 5.44. The normalized spacial score (nSPS) is 16.6. The van der Waals surface area contributed by atoms with E-state index in [0.29, 0.717) is 28.8 Å². The number of thiazole rings is 1. The van der Waals surface area contributed by atoms with Crippen LogP contribution in [-0.2, 0) is 11.2 Å². The number of hydrogen-bond acceptors (Lipinski definition) is 6. The van der Waals surface area contributed by atoms with Gasteiger partial charge in [-0.05, 0) is 18.9 Å². The monoisotopic (exact) mass is 391 g/mol. The van der Waals surface area contributed by atoms with E-state index in [0.717, 1.165) is 11.3 Å². The summed E-state index contributed by atoms with van der Waals surface area (Å²) < 4.78 is 59.8. The number of aromatic nitrogens is 2. The van der Waals surface area contributed by atoms with E-state index in [1.165, 1.54) is 12.3 Å². The van der Waals surface area contributed by atoms with Crippen molar-refractivity contribution in [1.82, 2.24) is 9.97 Å². The summed E-state index contributed by atoms with van der Waals surface area (Å²) in [6, 6.07) is 1.39. The lowest BCUT2D eigenvalue weighted by Crippen LogP contribution is -2.30. The smallest absolute Gasteiger partial charge is 0.345 e.